The van der Waals surface area contributed by atoms with Gasteiger partial charge in [-0.2, -0.15) is 0 Å². The Balaban J connectivity index is 1.96. The van der Waals surface area contributed by atoms with Gasteiger partial charge in [-0.1, -0.05) is 19.0 Å². The molecule has 0 radical (unpaired) electrons. The Bertz CT molecular complexity index is 632. The minimum atomic E-state index is -0.597. The summed E-state index contributed by atoms with van der Waals surface area (Å²) in [5.41, 5.74) is -0.247. The Morgan fingerprint density at radius 1 is 1.36 bits per heavy atom. The summed E-state index contributed by atoms with van der Waals surface area (Å²) in [5.74, 6) is -0.0652. The maximum Gasteiger partial charge on any atom is 0.410 e. The summed E-state index contributed by atoms with van der Waals surface area (Å²) in [6.07, 6.45) is 0.0970. The third-order valence-corrected chi connectivity index (χ3v) is 3.91. The van der Waals surface area contributed by atoms with Crippen molar-refractivity contribution in [1.29, 1.82) is 0 Å². The van der Waals surface area contributed by atoms with Crippen LogP contribution in [-0.2, 0) is 19.7 Å². The van der Waals surface area contributed by atoms with Crippen molar-refractivity contribution in [3.05, 3.63) is 11.8 Å². The zero-order chi connectivity index (χ0) is 18.8. The van der Waals surface area contributed by atoms with E-state index in [0.717, 1.165) is 0 Å². The van der Waals surface area contributed by atoms with Gasteiger partial charge in [0.2, 0.25) is 11.8 Å². The highest BCUT2D eigenvalue weighted by Gasteiger charge is 2.40. The molecular weight excluding hydrogens is 326 g/mol. The van der Waals surface area contributed by atoms with E-state index in [2.05, 4.69) is 10.5 Å². The summed E-state index contributed by atoms with van der Waals surface area (Å²) in [6, 6.07) is 1.11. The number of hydrogen-bond donors (Lipinski definition) is 1. The number of ether oxygens (including phenoxy) is 2. The van der Waals surface area contributed by atoms with Crippen molar-refractivity contribution >= 4 is 17.9 Å². The highest BCUT2D eigenvalue weighted by molar-refractivity contribution is 5.96. The van der Waals surface area contributed by atoms with Gasteiger partial charge in [-0.05, 0) is 27.2 Å². The smallest absolute Gasteiger partial charge is 0.410 e. The fourth-order valence-electron chi connectivity index (χ4n) is 2.49. The number of nitrogens with zero attached hydrogens (tertiary/aromatic N) is 2. The summed E-state index contributed by atoms with van der Waals surface area (Å²) < 4.78 is 15.7. The first-order valence-electron chi connectivity index (χ1n) is 8.30. The maximum atomic E-state index is 12.4. The van der Waals surface area contributed by atoms with E-state index >= 15 is 0 Å². The molecule has 0 aromatic carbocycles. The topological polar surface area (TPSA) is 93.9 Å². The summed E-state index contributed by atoms with van der Waals surface area (Å²) in [7, 11) is 1.62. The van der Waals surface area contributed by atoms with Gasteiger partial charge in [-0.25, -0.2) is 4.79 Å². The number of hydrogen-bond acceptors (Lipinski definition) is 6. The van der Waals surface area contributed by atoms with Gasteiger partial charge in [0.05, 0.1) is 12.3 Å². The van der Waals surface area contributed by atoms with E-state index in [4.69, 9.17) is 14.0 Å². The second-order valence-corrected chi connectivity index (χ2v) is 7.86. The van der Waals surface area contributed by atoms with E-state index < -0.39 is 17.7 Å². The minimum Gasteiger partial charge on any atom is -0.444 e. The second kappa shape index (κ2) is 7.03. The zero-order valence-electron chi connectivity index (χ0n) is 15.7. The molecule has 0 bridgehead atoms. The molecule has 1 N–H and O–H groups in total. The van der Waals surface area contributed by atoms with Crippen LogP contribution in [0.4, 0.5) is 10.7 Å². The van der Waals surface area contributed by atoms with Crippen LogP contribution in [-0.4, -0.2) is 54.0 Å². The number of likely N-dealkylation sites (tertiary alicyclic amines) is 1. The molecule has 1 aromatic rings. The van der Waals surface area contributed by atoms with Gasteiger partial charge in [-0.15, -0.1) is 0 Å². The standard InChI is InChI=1S/C17H27N3O5/c1-16(2,3)24-15(22)20-8-7-11(20)14(21)18-13-9-12(19-25-13)17(4,5)10-23-6/h9,11H,7-8,10H2,1-6H3,(H,18,21). The number of nitrogens with one attached hydrogen (secondary N) is 1. The Hall–Kier alpha value is -2.09. The molecule has 0 spiro atoms. The number of rotatable bonds is 5. The molecule has 1 aliphatic heterocycles. The first-order chi connectivity index (χ1) is 11.5. The normalized spacial score (nSPS) is 17.8. The van der Waals surface area contributed by atoms with Gasteiger partial charge < -0.3 is 14.0 Å². The fraction of sp³-hybridized carbons (Fsp3) is 0.706. The number of carbonyl (C=O) groups excluding carboxylic acids is 2. The van der Waals surface area contributed by atoms with Crippen molar-refractivity contribution in [3.8, 4) is 0 Å². The van der Waals surface area contributed by atoms with Gasteiger partial charge in [0, 0.05) is 25.1 Å². The second-order valence-electron chi connectivity index (χ2n) is 7.86. The van der Waals surface area contributed by atoms with Crippen LogP contribution in [0.1, 0.15) is 46.7 Å². The lowest BCUT2D eigenvalue weighted by Crippen LogP contribution is -2.57. The largest absolute Gasteiger partial charge is 0.444 e. The molecule has 140 valence electrons. The predicted molar refractivity (Wildman–Crippen MR) is 91.4 cm³/mol. The van der Waals surface area contributed by atoms with Gasteiger partial charge in [-0.3, -0.25) is 15.0 Å². The van der Waals surface area contributed by atoms with E-state index in [9.17, 15) is 9.59 Å². The summed E-state index contributed by atoms with van der Waals surface area (Å²) in [6.45, 7) is 10.3. The molecule has 25 heavy (non-hydrogen) atoms. The summed E-state index contributed by atoms with van der Waals surface area (Å²) in [4.78, 5) is 25.9. The monoisotopic (exact) mass is 353 g/mol. The molecule has 1 saturated heterocycles. The SMILES string of the molecule is COCC(C)(C)c1cc(NC(=O)C2CCN2C(=O)OC(C)(C)C)on1. The maximum absolute atomic E-state index is 12.4. The van der Waals surface area contributed by atoms with Crippen molar-refractivity contribution in [2.75, 3.05) is 25.6 Å². The minimum absolute atomic E-state index is 0.250. The highest BCUT2D eigenvalue weighted by atomic mass is 16.6. The van der Waals surface area contributed by atoms with Gasteiger partial charge in [0.15, 0.2) is 0 Å². The molecule has 8 heteroatoms. The molecule has 0 saturated carbocycles. The molecule has 1 fully saturated rings. The van der Waals surface area contributed by atoms with Crippen LogP contribution in [0.25, 0.3) is 0 Å². The highest BCUT2D eigenvalue weighted by Crippen LogP contribution is 2.26. The van der Waals surface area contributed by atoms with E-state index in [0.29, 0.717) is 25.3 Å². The predicted octanol–water partition coefficient (Wildman–Crippen LogP) is 2.55. The van der Waals surface area contributed by atoms with Crippen molar-refractivity contribution in [1.82, 2.24) is 10.1 Å². The molecule has 1 atom stereocenters. The molecule has 2 heterocycles. The third kappa shape index (κ3) is 4.72. The fourth-order valence-corrected chi connectivity index (χ4v) is 2.49. The lowest BCUT2D eigenvalue weighted by atomic mass is 9.90. The van der Waals surface area contributed by atoms with Crippen LogP contribution in [0.3, 0.4) is 0 Å². The van der Waals surface area contributed by atoms with Crippen LogP contribution < -0.4 is 5.32 Å². The Morgan fingerprint density at radius 3 is 2.56 bits per heavy atom. The van der Waals surface area contributed by atoms with Crippen molar-refractivity contribution < 1.29 is 23.6 Å². The molecular formula is C17H27N3O5. The Labute approximate surface area is 147 Å². The van der Waals surface area contributed by atoms with Crippen LogP contribution >= 0.6 is 0 Å². The lowest BCUT2D eigenvalue weighted by Gasteiger charge is -2.39. The van der Waals surface area contributed by atoms with Crippen molar-refractivity contribution in [2.45, 2.75) is 58.1 Å². The third-order valence-electron chi connectivity index (χ3n) is 3.91. The first-order valence-corrected chi connectivity index (χ1v) is 8.30. The van der Waals surface area contributed by atoms with Crippen LogP contribution in [0, 0.1) is 0 Å². The first kappa shape index (κ1) is 19.2. The summed E-state index contributed by atoms with van der Waals surface area (Å²) >= 11 is 0. The van der Waals surface area contributed by atoms with E-state index in [1.54, 1.807) is 33.9 Å². The van der Waals surface area contributed by atoms with Gasteiger partial charge >= 0.3 is 6.09 Å². The molecule has 2 rings (SSSR count). The van der Waals surface area contributed by atoms with Gasteiger partial charge in [0.1, 0.15) is 11.6 Å². The Kier molecular flexibility index (Phi) is 5.41. The van der Waals surface area contributed by atoms with Crippen molar-refractivity contribution in [3.63, 3.8) is 0 Å². The molecule has 1 aliphatic rings. The number of anilines is 1. The molecule has 2 amide bonds. The quantitative estimate of drug-likeness (QED) is 0.874. The average Bonchev–Trinajstić information content (AvgIpc) is 2.83. The number of aromatic nitrogens is 1. The molecule has 8 nitrogen and oxygen atoms in total. The molecule has 0 aliphatic carbocycles. The van der Waals surface area contributed by atoms with E-state index in [-0.39, 0.29) is 17.2 Å². The molecule has 1 aromatic heterocycles. The lowest BCUT2D eigenvalue weighted by molar-refractivity contribution is -0.125. The van der Waals surface area contributed by atoms with Crippen LogP contribution in [0.5, 0.6) is 0 Å². The number of carbonyl (C=O) groups is 2. The summed E-state index contributed by atoms with van der Waals surface area (Å²) in [5, 5.41) is 6.66. The van der Waals surface area contributed by atoms with E-state index in [1.807, 2.05) is 13.8 Å². The van der Waals surface area contributed by atoms with Gasteiger partial charge in [0.25, 0.3) is 0 Å². The van der Waals surface area contributed by atoms with Crippen LogP contribution in [0.2, 0.25) is 0 Å². The number of amides is 2. The zero-order valence-corrected chi connectivity index (χ0v) is 15.7. The van der Waals surface area contributed by atoms with E-state index in [1.165, 1.54) is 4.90 Å². The van der Waals surface area contributed by atoms with Crippen molar-refractivity contribution in [2.24, 2.45) is 0 Å². The number of methoxy groups -OCH3 is 1. The average molecular weight is 353 g/mol. The Morgan fingerprint density at radius 2 is 2.04 bits per heavy atom. The molecule has 1 unspecified atom stereocenters. The van der Waals surface area contributed by atoms with Crippen LogP contribution in [0.15, 0.2) is 10.6 Å².